The third-order valence-electron chi connectivity index (χ3n) is 3.47. The molecule has 0 aromatic heterocycles. The van der Waals surface area contributed by atoms with E-state index in [4.69, 9.17) is 0 Å². The smallest absolute Gasteiger partial charge is 0.263 e. The lowest BCUT2D eigenvalue weighted by atomic mass is 9.90. The number of nitrogens with zero attached hydrogens (tertiary/aromatic N) is 1. The maximum atomic E-state index is 11.5. The second-order valence-electron chi connectivity index (χ2n) is 4.03. The van der Waals surface area contributed by atoms with E-state index in [-0.39, 0.29) is 17.2 Å². The molecule has 2 amide bonds. The summed E-state index contributed by atoms with van der Waals surface area (Å²) in [7, 11) is 0. The van der Waals surface area contributed by atoms with Gasteiger partial charge >= 0.3 is 0 Å². The number of aliphatic imine (C=N–C) groups is 1. The van der Waals surface area contributed by atoms with Gasteiger partial charge in [0, 0.05) is 0 Å². The molecule has 0 radical (unpaired) electrons. The van der Waals surface area contributed by atoms with Crippen molar-refractivity contribution in [3.05, 3.63) is 0 Å². The number of hydrogen-bond acceptors (Lipinski definition) is 2. The Morgan fingerprint density at radius 2 is 2.31 bits per heavy atom. The first-order valence-electron chi connectivity index (χ1n) is 4.45. The normalized spacial score (nSPS) is 42.3. The highest BCUT2D eigenvalue weighted by Gasteiger charge is 2.73. The first kappa shape index (κ1) is 8.41. The van der Waals surface area contributed by atoms with Gasteiger partial charge in [-0.05, 0) is 18.3 Å². The van der Waals surface area contributed by atoms with Crippen LogP contribution >= 0.6 is 0 Å². The predicted molar refractivity (Wildman–Crippen MR) is 47.1 cm³/mol. The second-order valence-corrected chi connectivity index (χ2v) is 4.03. The van der Waals surface area contributed by atoms with Crippen molar-refractivity contribution in [3.8, 4) is 0 Å². The van der Waals surface area contributed by atoms with Crippen LogP contribution in [-0.2, 0) is 9.59 Å². The molecule has 4 nitrogen and oxygen atoms in total. The van der Waals surface area contributed by atoms with Gasteiger partial charge in [-0.2, -0.15) is 0 Å². The number of rotatable bonds is 1. The summed E-state index contributed by atoms with van der Waals surface area (Å²) in [5.41, 5.74) is -1.01. The predicted octanol–water partition coefficient (Wildman–Crippen LogP) is 0.478. The molecule has 1 N–H and O–H groups in total. The minimum absolute atomic E-state index is 0.175. The third kappa shape index (κ3) is 0.779. The lowest BCUT2D eigenvalue weighted by molar-refractivity contribution is -0.137. The van der Waals surface area contributed by atoms with Crippen LogP contribution in [-0.4, -0.2) is 18.2 Å². The second kappa shape index (κ2) is 2.19. The first-order valence-corrected chi connectivity index (χ1v) is 4.45. The fourth-order valence-electron chi connectivity index (χ4n) is 2.14. The molecule has 1 aliphatic carbocycles. The van der Waals surface area contributed by atoms with Crippen molar-refractivity contribution in [2.75, 3.05) is 0 Å². The zero-order valence-corrected chi connectivity index (χ0v) is 7.76. The average Bonchev–Trinajstić information content (AvgIpc) is 2.72. The molecular weight excluding hydrogens is 168 g/mol. The van der Waals surface area contributed by atoms with Crippen LogP contribution in [0.2, 0.25) is 0 Å². The van der Waals surface area contributed by atoms with Gasteiger partial charge in [0.25, 0.3) is 5.91 Å². The van der Waals surface area contributed by atoms with Gasteiger partial charge in [0.2, 0.25) is 5.91 Å². The molecule has 0 aromatic carbocycles. The molecule has 13 heavy (non-hydrogen) atoms. The molecule has 0 unspecified atom stereocenters. The molecule has 4 heteroatoms. The van der Waals surface area contributed by atoms with Crippen LogP contribution in [0.15, 0.2) is 4.99 Å². The van der Waals surface area contributed by atoms with Gasteiger partial charge in [0.15, 0.2) is 0 Å². The van der Waals surface area contributed by atoms with Crippen molar-refractivity contribution in [3.63, 3.8) is 0 Å². The number of hydrogen-bond donors (Lipinski definition) is 1. The SMILES string of the molecule is CC[C@@]1(C)C[C@@]12C(=O)N=CNC2=O. The van der Waals surface area contributed by atoms with Crippen LogP contribution in [0.5, 0.6) is 0 Å². The molecule has 2 aliphatic rings. The van der Waals surface area contributed by atoms with Crippen LogP contribution in [0.1, 0.15) is 26.7 Å². The maximum Gasteiger partial charge on any atom is 0.263 e. The lowest BCUT2D eigenvalue weighted by Crippen LogP contribution is -2.43. The fraction of sp³-hybridized carbons (Fsp3) is 0.667. The number of nitrogens with one attached hydrogen (secondary N) is 1. The Kier molecular flexibility index (Phi) is 1.41. The standard InChI is InChI=1S/C9H12N2O2/c1-3-8(2)4-9(8)6(12)10-5-11-7(9)13/h5H,3-4H2,1-2H3,(H,10,11,12,13)/t8-/m0/s1. The molecule has 0 saturated heterocycles. The largest absolute Gasteiger partial charge is 0.316 e. The van der Waals surface area contributed by atoms with E-state index in [0.29, 0.717) is 6.42 Å². The van der Waals surface area contributed by atoms with Gasteiger partial charge in [-0.3, -0.25) is 9.59 Å². The summed E-state index contributed by atoms with van der Waals surface area (Å²) in [4.78, 5) is 26.7. The van der Waals surface area contributed by atoms with Gasteiger partial charge in [0.05, 0.1) is 6.34 Å². The summed E-state index contributed by atoms with van der Waals surface area (Å²) in [6.45, 7) is 3.96. The highest BCUT2D eigenvalue weighted by atomic mass is 16.2. The Bertz CT molecular complexity index is 324. The van der Waals surface area contributed by atoms with Crippen LogP contribution in [0.25, 0.3) is 0 Å². The van der Waals surface area contributed by atoms with E-state index in [2.05, 4.69) is 10.3 Å². The van der Waals surface area contributed by atoms with E-state index in [1.54, 1.807) is 0 Å². The van der Waals surface area contributed by atoms with Crippen LogP contribution in [0, 0.1) is 10.8 Å². The first-order chi connectivity index (χ1) is 6.07. The molecular formula is C9H12N2O2. The molecule has 70 valence electrons. The maximum absolute atomic E-state index is 11.5. The van der Waals surface area contributed by atoms with E-state index >= 15 is 0 Å². The van der Waals surface area contributed by atoms with Crippen molar-refractivity contribution < 1.29 is 9.59 Å². The molecule has 1 spiro atoms. The van der Waals surface area contributed by atoms with Gasteiger partial charge < -0.3 is 5.32 Å². The highest BCUT2D eigenvalue weighted by molar-refractivity contribution is 6.17. The minimum Gasteiger partial charge on any atom is -0.316 e. The monoisotopic (exact) mass is 180 g/mol. The van der Waals surface area contributed by atoms with Crippen molar-refractivity contribution in [1.82, 2.24) is 5.32 Å². The third-order valence-corrected chi connectivity index (χ3v) is 3.47. The summed E-state index contributed by atoms with van der Waals surface area (Å²) >= 11 is 0. The van der Waals surface area contributed by atoms with E-state index in [0.717, 1.165) is 6.42 Å². The number of carbonyl (C=O) groups excluding carboxylic acids is 2. The lowest BCUT2D eigenvalue weighted by Gasteiger charge is -2.19. The van der Waals surface area contributed by atoms with Crippen LogP contribution < -0.4 is 5.32 Å². The van der Waals surface area contributed by atoms with E-state index in [9.17, 15) is 9.59 Å². The Morgan fingerprint density at radius 3 is 2.77 bits per heavy atom. The molecule has 1 saturated carbocycles. The van der Waals surface area contributed by atoms with Crippen LogP contribution in [0.4, 0.5) is 0 Å². The average molecular weight is 180 g/mol. The molecule has 2 rings (SSSR count). The zero-order valence-electron chi connectivity index (χ0n) is 7.76. The fourth-order valence-corrected chi connectivity index (χ4v) is 2.14. The van der Waals surface area contributed by atoms with Crippen LogP contribution in [0.3, 0.4) is 0 Å². The molecule has 1 heterocycles. The van der Waals surface area contributed by atoms with Crippen molar-refractivity contribution in [1.29, 1.82) is 0 Å². The van der Waals surface area contributed by atoms with Crippen molar-refractivity contribution in [2.45, 2.75) is 26.7 Å². The Balaban J connectivity index is 2.39. The topological polar surface area (TPSA) is 58.5 Å². The molecule has 1 fully saturated rings. The minimum atomic E-state index is -0.837. The number of carbonyl (C=O) groups is 2. The Hall–Kier alpha value is -1.19. The van der Waals surface area contributed by atoms with Gasteiger partial charge in [-0.15, -0.1) is 0 Å². The molecule has 1 aliphatic heterocycles. The summed E-state index contributed by atoms with van der Waals surface area (Å²) in [6.07, 6.45) is 2.66. The summed E-state index contributed by atoms with van der Waals surface area (Å²) in [5.74, 6) is -0.461. The summed E-state index contributed by atoms with van der Waals surface area (Å²) in [5, 5.41) is 2.50. The highest BCUT2D eigenvalue weighted by Crippen LogP contribution is 2.66. The Labute approximate surface area is 76.4 Å². The molecule has 0 aromatic rings. The Morgan fingerprint density at radius 1 is 1.62 bits per heavy atom. The van der Waals surface area contributed by atoms with Crippen molar-refractivity contribution >= 4 is 18.2 Å². The van der Waals surface area contributed by atoms with E-state index in [1.165, 1.54) is 6.34 Å². The molecule has 2 atom stereocenters. The summed E-state index contributed by atoms with van der Waals surface area (Å²) < 4.78 is 0. The van der Waals surface area contributed by atoms with E-state index < -0.39 is 5.41 Å². The zero-order chi connectivity index (χ0) is 9.69. The van der Waals surface area contributed by atoms with Crippen molar-refractivity contribution in [2.24, 2.45) is 15.8 Å². The number of amides is 2. The van der Waals surface area contributed by atoms with Gasteiger partial charge in [0.1, 0.15) is 5.41 Å². The summed E-state index contributed by atoms with van der Waals surface area (Å²) in [6, 6.07) is 0. The van der Waals surface area contributed by atoms with E-state index in [1.807, 2.05) is 13.8 Å². The quantitative estimate of drug-likeness (QED) is 0.596. The van der Waals surface area contributed by atoms with Gasteiger partial charge in [-0.25, -0.2) is 4.99 Å². The van der Waals surface area contributed by atoms with Gasteiger partial charge in [-0.1, -0.05) is 13.8 Å². The molecule has 0 bridgehead atoms.